The largest absolute Gasteiger partial charge is 0.505 e. The number of benzene rings is 1. The van der Waals surface area contributed by atoms with Gasteiger partial charge >= 0.3 is 6.18 Å². The number of halogens is 5. The van der Waals surface area contributed by atoms with E-state index in [4.69, 9.17) is 23.2 Å². The molecule has 0 fully saturated rings. The molecule has 2 aromatic rings. The maximum absolute atomic E-state index is 12.8. The van der Waals surface area contributed by atoms with Crippen LogP contribution in [0.2, 0.25) is 10.0 Å². The molecule has 0 unspecified atom stereocenters. The monoisotopic (exact) mass is 352 g/mol. The Labute approximate surface area is 133 Å². The molecule has 0 aliphatic heterocycles. The van der Waals surface area contributed by atoms with E-state index in [0.29, 0.717) is 0 Å². The summed E-state index contributed by atoms with van der Waals surface area (Å²) >= 11 is 11.5. The highest BCUT2D eigenvalue weighted by molar-refractivity contribution is 6.37. The predicted octanol–water partition coefficient (Wildman–Crippen LogP) is 4.29. The third kappa shape index (κ3) is 3.63. The molecule has 1 heterocycles. The summed E-state index contributed by atoms with van der Waals surface area (Å²) in [6, 6.07) is 3.35. The van der Waals surface area contributed by atoms with Crippen LogP contribution in [0, 0.1) is 0 Å². The average Bonchev–Trinajstić information content (AvgIpc) is 2.43. The van der Waals surface area contributed by atoms with Gasteiger partial charge in [0.25, 0.3) is 0 Å². The van der Waals surface area contributed by atoms with Crippen molar-refractivity contribution in [2.75, 3.05) is 17.7 Å². The summed E-state index contributed by atoms with van der Waals surface area (Å²) in [7, 11) is 1.40. The zero-order valence-electron chi connectivity index (χ0n) is 11.0. The second kappa shape index (κ2) is 6.05. The summed E-state index contributed by atoms with van der Waals surface area (Å²) in [6.45, 7) is 0. The molecule has 3 N–H and O–H groups in total. The van der Waals surface area contributed by atoms with E-state index in [2.05, 4.69) is 20.6 Å². The zero-order valence-corrected chi connectivity index (χ0v) is 12.5. The second-order valence-electron chi connectivity index (χ2n) is 4.12. The van der Waals surface area contributed by atoms with Gasteiger partial charge in [0.05, 0.1) is 10.0 Å². The van der Waals surface area contributed by atoms with Crippen molar-refractivity contribution in [3.63, 3.8) is 0 Å². The van der Waals surface area contributed by atoms with Crippen molar-refractivity contribution < 1.29 is 18.3 Å². The van der Waals surface area contributed by atoms with E-state index in [1.165, 1.54) is 19.2 Å². The van der Waals surface area contributed by atoms with Crippen LogP contribution >= 0.6 is 23.2 Å². The van der Waals surface area contributed by atoms with Gasteiger partial charge in [-0.15, -0.1) is 0 Å². The number of anilines is 3. The number of nitrogens with zero attached hydrogens (tertiary/aromatic N) is 2. The molecule has 2 rings (SSSR count). The molecule has 0 saturated carbocycles. The van der Waals surface area contributed by atoms with Gasteiger partial charge in [-0.1, -0.05) is 23.2 Å². The normalized spacial score (nSPS) is 11.4. The van der Waals surface area contributed by atoms with E-state index < -0.39 is 11.9 Å². The SMILES string of the molecule is CNc1nc(Nc2cc(Cl)c(O)c(Cl)c2)cc(C(F)(F)F)n1. The quantitative estimate of drug-likeness (QED) is 0.718. The number of phenolic OH excluding ortho intramolecular Hbond substituents is 1. The van der Waals surface area contributed by atoms with Gasteiger partial charge in [0.2, 0.25) is 5.95 Å². The predicted molar refractivity (Wildman–Crippen MR) is 78.0 cm³/mol. The summed E-state index contributed by atoms with van der Waals surface area (Å²) in [5, 5.41) is 14.4. The van der Waals surface area contributed by atoms with E-state index in [1.54, 1.807) is 0 Å². The van der Waals surface area contributed by atoms with E-state index in [1.807, 2.05) is 0 Å². The zero-order chi connectivity index (χ0) is 16.5. The minimum Gasteiger partial charge on any atom is -0.505 e. The molecule has 10 heteroatoms. The van der Waals surface area contributed by atoms with Crippen molar-refractivity contribution in [1.29, 1.82) is 0 Å². The van der Waals surface area contributed by atoms with Crippen LogP contribution in [0.4, 0.5) is 30.6 Å². The number of hydrogen-bond donors (Lipinski definition) is 3. The van der Waals surface area contributed by atoms with Gasteiger partial charge in [0, 0.05) is 18.8 Å². The molecule has 0 saturated heterocycles. The van der Waals surface area contributed by atoms with Gasteiger partial charge in [-0.2, -0.15) is 18.2 Å². The van der Waals surface area contributed by atoms with Crippen molar-refractivity contribution >= 4 is 40.7 Å². The number of rotatable bonds is 3. The first-order valence-corrected chi connectivity index (χ1v) is 6.55. The Morgan fingerprint density at radius 3 is 2.18 bits per heavy atom. The topological polar surface area (TPSA) is 70.1 Å². The molecule has 0 aliphatic carbocycles. The summed E-state index contributed by atoms with van der Waals surface area (Å²) in [5.74, 6) is -0.624. The van der Waals surface area contributed by atoms with Crippen LogP contribution in [-0.2, 0) is 6.18 Å². The van der Waals surface area contributed by atoms with Gasteiger partial charge in [0.15, 0.2) is 11.4 Å². The van der Waals surface area contributed by atoms with Crippen molar-refractivity contribution in [2.45, 2.75) is 6.18 Å². The number of aromatic nitrogens is 2. The van der Waals surface area contributed by atoms with Gasteiger partial charge in [-0.3, -0.25) is 0 Å². The Morgan fingerprint density at radius 1 is 1.09 bits per heavy atom. The first-order chi connectivity index (χ1) is 10.2. The number of aromatic hydroxyl groups is 1. The minimum atomic E-state index is -4.62. The molecular weight excluding hydrogens is 344 g/mol. The van der Waals surface area contributed by atoms with Crippen molar-refractivity contribution in [3.8, 4) is 5.75 Å². The Morgan fingerprint density at radius 2 is 1.68 bits per heavy atom. The third-order valence-electron chi connectivity index (χ3n) is 2.53. The molecule has 0 aliphatic rings. The molecule has 0 atom stereocenters. The first-order valence-electron chi connectivity index (χ1n) is 5.79. The van der Waals surface area contributed by atoms with Crippen LogP contribution in [0.3, 0.4) is 0 Å². The van der Waals surface area contributed by atoms with Gasteiger partial charge in [-0.25, -0.2) is 4.98 Å². The van der Waals surface area contributed by atoms with Crippen LogP contribution < -0.4 is 10.6 Å². The second-order valence-corrected chi connectivity index (χ2v) is 4.94. The summed E-state index contributed by atoms with van der Waals surface area (Å²) in [5.41, 5.74) is -0.841. The lowest BCUT2D eigenvalue weighted by atomic mass is 10.3. The fraction of sp³-hybridized carbons (Fsp3) is 0.167. The van der Waals surface area contributed by atoms with Crippen LogP contribution in [0.5, 0.6) is 5.75 Å². The Kier molecular flexibility index (Phi) is 4.52. The Hall–Kier alpha value is -1.93. The highest BCUT2D eigenvalue weighted by Gasteiger charge is 2.33. The van der Waals surface area contributed by atoms with Crippen molar-refractivity contribution in [2.24, 2.45) is 0 Å². The van der Waals surface area contributed by atoms with E-state index >= 15 is 0 Å². The number of phenols is 1. The molecule has 22 heavy (non-hydrogen) atoms. The van der Waals surface area contributed by atoms with E-state index in [0.717, 1.165) is 6.07 Å². The molecule has 0 radical (unpaired) electrons. The third-order valence-corrected chi connectivity index (χ3v) is 3.11. The number of hydrogen-bond acceptors (Lipinski definition) is 5. The summed E-state index contributed by atoms with van der Waals surface area (Å²) in [6.07, 6.45) is -4.62. The van der Waals surface area contributed by atoms with Crippen LogP contribution in [-0.4, -0.2) is 22.1 Å². The molecule has 1 aromatic carbocycles. The van der Waals surface area contributed by atoms with Crippen LogP contribution in [0.25, 0.3) is 0 Å². The maximum atomic E-state index is 12.8. The van der Waals surface area contributed by atoms with Gasteiger partial charge in [0.1, 0.15) is 5.82 Å². The molecular formula is C12H9Cl2F3N4O. The lowest BCUT2D eigenvalue weighted by Gasteiger charge is -2.12. The smallest absolute Gasteiger partial charge is 0.433 e. The Bertz CT molecular complexity index is 686. The van der Waals surface area contributed by atoms with Crippen LogP contribution in [0.1, 0.15) is 5.69 Å². The first kappa shape index (κ1) is 16.4. The molecule has 0 bridgehead atoms. The average molecular weight is 353 g/mol. The number of alkyl halides is 3. The summed E-state index contributed by atoms with van der Waals surface area (Å²) < 4.78 is 38.3. The lowest BCUT2D eigenvalue weighted by Crippen LogP contribution is -2.12. The Balaban J connectivity index is 2.41. The van der Waals surface area contributed by atoms with Gasteiger partial charge in [-0.05, 0) is 12.1 Å². The summed E-state index contributed by atoms with van der Waals surface area (Å²) in [4.78, 5) is 7.20. The standard InChI is InChI=1S/C12H9Cl2F3N4O/c1-18-11-20-8(12(15,16)17)4-9(21-11)19-5-2-6(13)10(22)7(14)3-5/h2-4,22H,1H3,(H2,18,19,20,21). The van der Waals surface area contributed by atoms with Crippen molar-refractivity contribution in [1.82, 2.24) is 9.97 Å². The van der Waals surface area contributed by atoms with E-state index in [-0.39, 0.29) is 33.2 Å². The molecule has 5 nitrogen and oxygen atoms in total. The molecule has 0 spiro atoms. The maximum Gasteiger partial charge on any atom is 0.433 e. The van der Waals surface area contributed by atoms with Crippen molar-refractivity contribution in [3.05, 3.63) is 33.9 Å². The molecule has 118 valence electrons. The highest BCUT2D eigenvalue weighted by atomic mass is 35.5. The fourth-order valence-corrected chi connectivity index (χ4v) is 2.04. The highest BCUT2D eigenvalue weighted by Crippen LogP contribution is 2.36. The lowest BCUT2D eigenvalue weighted by molar-refractivity contribution is -0.141. The van der Waals surface area contributed by atoms with Gasteiger partial charge < -0.3 is 15.7 Å². The van der Waals surface area contributed by atoms with E-state index in [9.17, 15) is 18.3 Å². The number of nitrogens with one attached hydrogen (secondary N) is 2. The molecule has 1 aromatic heterocycles. The fourth-order valence-electron chi connectivity index (χ4n) is 1.55. The minimum absolute atomic E-state index is 0.0473. The molecule has 0 amide bonds. The van der Waals surface area contributed by atoms with Crippen LogP contribution in [0.15, 0.2) is 18.2 Å².